The largest absolute Gasteiger partial charge is 0.480 e. The quantitative estimate of drug-likeness (QED) is 0.108. The second-order valence-electron chi connectivity index (χ2n) is 14.1. The molecule has 1 saturated carbocycles. The number of carbonyl (C=O) groups excluding carboxylic acids is 2. The van der Waals surface area contributed by atoms with Crippen LogP contribution < -0.4 is 14.8 Å². The van der Waals surface area contributed by atoms with Crippen LogP contribution >= 0.6 is 0 Å². The van der Waals surface area contributed by atoms with E-state index in [9.17, 15) is 9.59 Å². The van der Waals surface area contributed by atoms with Gasteiger partial charge in [0.25, 0.3) is 11.6 Å². The van der Waals surface area contributed by atoms with Gasteiger partial charge in [0.15, 0.2) is 6.10 Å². The summed E-state index contributed by atoms with van der Waals surface area (Å²) in [6.07, 6.45) is 4.06. The molecule has 0 radical (unpaired) electrons. The zero-order chi connectivity index (χ0) is 35.5. The predicted molar refractivity (Wildman–Crippen MR) is 196 cm³/mol. The molecule has 5 aromatic rings. The van der Waals surface area contributed by atoms with Crippen molar-refractivity contribution in [2.75, 3.05) is 6.54 Å². The fraction of sp³-hybridized carbons (Fsp3) is 0.415. The highest BCUT2D eigenvalue weighted by Crippen LogP contribution is 2.44. The van der Waals surface area contributed by atoms with Gasteiger partial charge >= 0.3 is 5.97 Å². The van der Waals surface area contributed by atoms with E-state index in [2.05, 4.69) is 29.1 Å². The third kappa shape index (κ3) is 7.11. The Morgan fingerprint density at radius 3 is 2.50 bits per heavy atom. The van der Waals surface area contributed by atoms with Crippen LogP contribution in [0.1, 0.15) is 92.2 Å². The Balaban J connectivity index is 1.28. The average molecular weight is 674 g/mol. The molecule has 0 aliphatic heterocycles. The lowest BCUT2D eigenvalue weighted by atomic mass is 9.71. The van der Waals surface area contributed by atoms with E-state index in [1.165, 1.54) is 6.42 Å². The number of rotatable bonds is 11. The minimum absolute atomic E-state index is 0.141. The van der Waals surface area contributed by atoms with E-state index in [0.717, 1.165) is 40.3 Å². The summed E-state index contributed by atoms with van der Waals surface area (Å²) >= 11 is 0. The SMILES string of the molecule is [C-]#[N+]c1c(CC2C(C)CCCC2C)c2nc(C(C)CNC(=O)C(CC)Oc3ccc(C)cc3C)[nH]n2c1OC(=O)c1ccc2ccccc2c1. The standard InChI is InChI=1S/C41H47N5O4/c1-8-34(49-35-19-16-24(2)20-27(35)5)39(47)43-23-28(6)37-44-38-33(22-32-25(3)12-11-13-26(32)4)36(42-7)40(46(38)45-37)50-41(48)31-18-17-29-14-9-10-15-30(29)21-31/h9-10,14-21,25-26,28,32,34H,8,11-13,22-23H2,1-6H3,(H,43,47)(H,44,45). The molecule has 0 bridgehead atoms. The van der Waals surface area contributed by atoms with Crippen LogP contribution in [-0.4, -0.2) is 39.1 Å². The number of benzene rings is 3. The Hall–Kier alpha value is -5.10. The molecular weight excluding hydrogens is 626 g/mol. The van der Waals surface area contributed by atoms with E-state index in [4.69, 9.17) is 21.0 Å². The first-order chi connectivity index (χ1) is 24.1. The number of amides is 1. The fourth-order valence-electron chi connectivity index (χ4n) is 7.39. The number of carbonyl (C=O) groups is 2. The highest BCUT2D eigenvalue weighted by molar-refractivity contribution is 5.97. The van der Waals surface area contributed by atoms with E-state index >= 15 is 0 Å². The summed E-state index contributed by atoms with van der Waals surface area (Å²) < 4.78 is 13.8. The lowest BCUT2D eigenvalue weighted by Gasteiger charge is -2.34. The predicted octanol–water partition coefficient (Wildman–Crippen LogP) is 8.89. The van der Waals surface area contributed by atoms with Crippen molar-refractivity contribution in [3.05, 3.63) is 100 Å². The number of aryl methyl sites for hydroxylation is 2. The summed E-state index contributed by atoms with van der Waals surface area (Å²) in [7, 11) is 0. The lowest BCUT2D eigenvalue weighted by molar-refractivity contribution is -0.128. The molecule has 50 heavy (non-hydrogen) atoms. The van der Waals surface area contributed by atoms with Gasteiger partial charge in [-0.15, -0.1) is 0 Å². The molecule has 4 atom stereocenters. The molecular formula is C41H47N5O4. The third-order valence-electron chi connectivity index (χ3n) is 10.4. The number of nitrogens with one attached hydrogen (secondary N) is 2. The second kappa shape index (κ2) is 14.8. The summed E-state index contributed by atoms with van der Waals surface area (Å²) in [5.74, 6) is 1.88. The maximum atomic E-state index is 13.6. The average Bonchev–Trinajstić information content (AvgIpc) is 3.66. The molecule has 1 aliphatic rings. The number of aromatic amines is 1. The normalized spacial score (nSPS) is 18.8. The first-order valence-electron chi connectivity index (χ1n) is 17.8. The molecule has 1 amide bonds. The molecule has 3 aromatic carbocycles. The van der Waals surface area contributed by atoms with Crippen LogP contribution in [0.15, 0.2) is 60.7 Å². The van der Waals surface area contributed by atoms with Gasteiger partial charge in [-0.2, -0.15) is 0 Å². The van der Waals surface area contributed by atoms with Gasteiger partial charge in [0.2, 0.25) is 5.88 Å². The molecule has 260 valence electrons. The number of esters is 1. The van der Waals surface area contributed by atoms with Crippen molar-refractivity contribution in [2.45, 2.75) is 85.7 Å². The topological polar surface area (TPSA) is 102 Å². The Morgan fingerprint density at radius 1 is 1.06 bits per heavy atom. The lowest BCUT2D eigenvalue weighted by Crippen LogP contribution is -2.39. The molecule has 9 nitrogen and oxygen atoms in total. The van der Waals surface area contributed by atoms with Crippen molar-refractivity contribution in [2.24, 2.45) is 17.8 Å². The van der Waals surface area contributed by atoms with Crippen LogP contribution in [0, 0.1) is 38.2 Å². The zero-order valence-electron chi connectivity index (χ0n) is 29.9. The minimum atomic E-state index is -0.635. The monoisotopic (exact) mass is 673 g/mol. The number of ether oxygens (including phenoxy) is 2. The van der Waals surface area contributed by atoms with Gasteiger partial charge in [-0.3, -0.25) is 9.89 Å². The van der Waals surface area contributed by atoms with Crippen LogP contribution in [0.3, 0.4) is 0 Å². The highest BCUT2D eigenvalue weighted by Gasteiger charge is 2.33. The summed E-state index contributed by atoms with van der Waals surface area (Å²) in [6, 6.07) is 19.2. The minimum Gasteiger partial charge on any atom is -0.480 e. The Morgan fingerprint density at radius 2 is 1.80 bits per heavy atom. The first-order valence-corrected chi connectivity index (χ1v) is 17.8. The number of fused-ring (bicyclic) bond motifs is 2. The molecule has 2 N–H and O–H groups in total. The van der Waals surface area contributed by atoms with Gasteiger partial charge in [0.05, 0.1) is 12.1 Å². The molecule has 1 aliphatic carbocycles. The van der Waals surface area contributed by atoms with E-state index in [1.54, 1.807) is 10.6 Å². The van der Waals surface area contributed by atoms with Crippen molar-refractivity contribution < 1.29 is 19.1 Å². The number of aromatic nitrogens is 3. The molecule has 4 unspecified atom stereocenters. The summed E-state index contributed by atoms with van der Waals surface area (Å²) in [5, 5.41) is 8.33. The van der Waals surface area contributed by atoms with Crippen molar-refractivity contribution >= 4 is 34.0 Å². The molecule has 2 aromatic heterocycles. The van der Waals surface area contributed by atoms with E-state index in [-0.39, 0.29) is 17.7 Å². The molecule has 6 rings (SSSR count). The Labute approximate surface area is 294 Å². The van der Waals surface area contributed by atoms with Crippen LogP contribution in [0.4, 0.5) is 5.69 Å². The van der Waals surface area contributed by atoms with Gasteiger partial charge in [0.1, 0.15) is 17.2 Å². The van der Waals surface area contributed by atoms with Gasteiger partial charge < -0.3 is 14.8 Å². The summed E-state index contributed by atoms with van der Waals surface area (Å²) in [4.78, 5) is 35.8. The molecule has 0 spiro atoms. The first kappa shape index (κ1) is 34.8. The number of hydrogen-bond donors (Lipinski definition) is 2. The van der Waals surface area contributed by atoms with Crippen molar-refractivity contribution in [1.82, 2.24) is 19.9 Å². The molecule has 2 heterocycles. The van der Waals surface area contributed by atoms with Gasteiger partial charge in [-0.1, -0.05) is 95.0 Å². The van der Waals surface area contributed by atoms with Crippen molar-refractivity contribution in [3.63, 3.8) is 0 Å². The molecule has 1 fully saturated rings. The Bertz CT molecular complexity index is 2060. The van der Waals surface area contributed by atoms with Crippen molar-refractivity contribution in [1.29, 1.82) is 0 Å². The maximum absolute atomic E-state index is 13.6. The molecule has 0 saturated heterocycles. The maximum Gasteiger partial charge on any atom is 0.343 e. The van der Waals surface area contributed by atoms with E-state index < -0.39 is 12.1 Å². The van der Waals surface area contributed by atoms with Crippen LogP contribution in [0.5, 0.6) is 11.6 Å². The second-order valence-corrected chi connectivity index (χ2v) is 14.1. The van der Waals surface area contributed by atoms with Gasteiger partial charge in [0, 0.05) is 18.0 Å². The van der Waals surface area contributed by atoms with Crippen molar-refractivity contribution in [3.8, 4) is 11.6 Å². The van der Waals surface area contributed by atoms with E-state index in [1.807, 2.05) is 82.3 Å². The number of nitrogens with zero attached hydrogens (tertiary/aromatic N) is 3. The zero-order valence-corrected chi connectivity index (χ0v) is 29.9. The highest BCUT2D eigenvalue weighted by atomic mass is 16.5. The summed E-state index contributed by atoms with van der Waals surface area (Å²) in [6.45, 7) is 21.0. The van der Waals surface area contributed by atoms with Crippen LogP contribution in [-0.2, 0) is 11.2 Å². The molecule has 9 heteroatoms. The van der Waals surface area contributed by atoms with Crippen LogP contribution in [0.25, 0.3) is 21.3 Å². The van der Waals surface area contributed by atoms with E-state index in [0.29, 0.717) is 65.6 Å². The summed E-state index contributed by atoms with van der Waals surface area (Å²) in [5.41, 5.74) is 4.20. The third-order valence-corrected chi connectivity index (χ3v) is 10.4. The smallest absolute Gasteiger partial charge is 0.343 e. The van der Waals surface area contributed by atoms with Crippen LogP contribution in [0.2, 0.25) is 0 Å². The van der Waals surface area contributed by atoms with Gasteiger partial charge in [-0.25, -0.2) is 19.1 Å². The number of hydrogen-bond acceptors (Lipinski definition) is 5. The fourth-order valence-corrected chi connectivity index (χ4v) is 7.39. The number of H-pyrrole nitrogens is 1. The Kier molecular flexibility index (Phi) is 10.3. The van der Waals surface area contributed by atoms with Gasteiger partial charge in [-0.05, 0) is 79.0 Å².